The topological polar surface area (TPSA) is 20.2 Å². The Balaban J connectivity index is 2.39. The van der Waals surface area contributed by atoms with Gasteiger partial charge in [0, 0.05) is 9.50 Å². The minimum absolute atomic E-state index is 0.618. The molecule has 1 nitrogen and oxygen atoms in total. The van der Waals surface area contributed by atoms with Gasteiger partial charge >= 0.3 is 0 Å². The van der Waals surface area contributed by atoms with Crippen molar-refractivity contribution in [3.63, 3.8) is 0 Å². The van der Waals surface area contributed by atoms with Crippen LogP contribution in [0.3, 0.4) is 0 Å². The van der Waals surface area contributed by atoms with Gasteiger partial charge in [0.25, 0.3) is 0 Å². The van der Waals surface area contributed by atoms with Crippen LogP contribution >= 0.6 is 27.5 Å². The zero-order valence-corrected chi connectivity index (χ0v) is 9.40. The molecule has 1 aromatic rings. The van der Waals surface area contributed by atoms with Crippen molar-refractivity contribution in [1.82, 2.24) is 0 Å². The van der Waals surface area contributed by atoms with E-state index in [4.69, 9.17) is 11.6 Å². The number of rotatable bonds is 1. The van der Waals surface area contributed by atoms with Crippen molar-refractivity contribution < 1.29 is 5.11 Å². The highest BCUT2D eigenvalue weighted by molar-refractivity contribution is 9.10. The van der Waals surface area contributed by atoms with Gasteiger partial charge in [-0.2, -0.15) is 0 Å². The summed E-state index contributed by atoms with van der Waals surface area (Å²) in [5, 5.41) is 10.7. The first-order valence-electron chi connectivity index (χ1n) is 4.29. The first-order valence-corrected chi connectivity index (χ1v) is 5.46. The molecule has 1 saturated carbocycles. The fourth-order valence-electron chi connectivity index (χ4n) is 1.62. The Morgan fingerprint density at radius 3 is 2.46 bits per heavy atom. The number of aliphatic hydroxyl groups is 1. The van der Waals surface area contributed by atoms with Crippen LogP contribution in [-0.2, 0) is 5.60 Å². The zero-order chi connectivity index (χ0) is 9.47. The summed E-state index contributed by atoms with van der Waals surface area (Å²) in [6.07, 6.45) is 2.79. The molecule has 0 amide bonds. The Bertz CT molecular complexity index is 313. The second-order valence-electron chi connectivity index (χ2n) is 3.54. The lowest BCUT2D eigenvalue weighted by atomic mass is 9.75. The van der Waals surface area contributed by atoms with Crippen LogP contribution in [0.4, 0.5) is 0 Å². The van der Waals surface area contributed by atoms with E-state index in [2.05, 4.69) is 15.9 Å². The van der Waals surface area contributed by atoms with Crippen molar-refractivity contribution in [2.45, 2.75) is 24.9 Å². The molecule has 1 aliphatic carbocycles. The Labute approximate surface area is 90.9 Å². The number of hydrogen-bond donors (Lipinski definition) is 1. The molecule has 1 aliphatic rings. The van der Waals surface area contributed by atoms with Gasteiger partial charge in [0.15, 0.2) is 0 Å². The summed E-state index contributed by atoms with van der Waals surface area (Å²) in [6, 6.07) is 5.60. The lowest BCUT2D eigenvalue weighted by molar-refractivity contribution is -0.0388. The zero-order valence-electron chi connectivity index (χ0n) is 7.06. The molecule has 3 heteroatoms. The van der Waals surface area contributed by atoms with Crippen LogP contribution in [0.25, 0.3) is 0 Å². The molecule has 0 atom stereocenters. The quantitative estimate of drug-likeness (QED) is 0.821. The Hall–Kier alpha value is -0.0500. The molecular formula is C10H10BrClO. The SMILES string of the molecule is OC1(c2cc(Cl)cc(Br)c2)CCC1. The van der Waals surface area contributed by atoms with Crippen molar-refractivity contribution in [3.8, 4) is 0 Å². The van der Waals surface area contributed by atoms with E-state index in [-0.39, 0.29) is 0 Å². The van der Waals surface area contributed by atoms with Crippen LogP contribution in [0.2, 0.25) is 5.02 Å². The maximum absolute atomic E-state index is 10.1. The largest absolute Gasteiger partial charge is 0.385 e. The lowest BCUT2D eigenvalue weighted by Crippen LogP contribution is -2.33. The first kappa shape index (κ1) is 9.50. The van der Waals surface area contributed by atoms with E-state index in [1.54, 1.807) is 0 Å². The summed E-state index contributed by atoms with van der Waals surface area (Å²) >= 11 is 9.26. The van der Waals surface area contributed by atoms with Gasteiger partial charge in [-0.05, 0) is 43.0 Å². The maximum Gasteiger partial charge on any atom is 0.0897 e. The van der Waals surface area contributed by atoms with Crippen molar-refractivity contribution in [2.24, 2.45) is 0 Å². The third-order valence-electron chi connectivity index (χ3n) is 2.58. The molecule has 0 radical (unpaired) electrons. The van der Waals surface area contributed by atoms with Gasteiger partial charge in [0.1, 0.15) is 0 Å². The fourth-order valence-corrected chi connectivity index (χ4v) is 2.48. The van der Waals surface area contributed by atoms with Gasteiger partial charge in [0.2, 0.25) is 0 Å². The van der Waals surface area contributed by atoms with Gasteiger partial charge in [-0.3, -0.25) is 0 Å². The highest BCUT2D eigenvalue weighted by Gasteiger charge is 2.36. The van der Waals surface area contributed by atoms with Crippen LogP contribution in [0.15, 0.2) is 22.7 Å². The van der Waals surface area contributed by atoms with Gasteiger partial charge in [0.05, 0.1) is 5.60 Å². The maximum atomic E-state index is 10.1. The molecule has 0 saturated heterocycles. The average molecular weight is 262 g/mol. The standard InChI is InChI=1S/C10H10BrClO/c11-8-4-7(5-9(12)6-8)10(13)2-1-3-10/h4-6,13H,1-3H2. The summed E-state index contributed by atoms with van der Waals surface area (Å²) in [7, 11) is 0. The van der Waals surface area contributed by atoms with E-state index in [9.17, 15) is 5.11 Å². The Morgan fingerprint density at radius 1 is 1.31 bits per heavy atom. The smallest absolute Gasteiger partial charge is 0.0897 e. The third-order valence-corrected chi connectivity index (χ3v) is 3.26. The van der Waals surface area contributed by atoms with Crippen molar-refractivity contribution in [1.29, 1.82) is 0 Å². The molecule has 0 spiro atoms. The fraction of sp³-hybridized carbons (Fsp3) is 0.400. The van der Waals surface area contributed by atoms with Crippen LogP contribution in [-0.4, -0.2) is 5.11 Å². The molecule has 0 aliphatic heterocycles. The summed E-state index contributed by atoms with van der Waals surface area (Å²) in [5.74, 6) is 0. The molecular weight excluding hydrogens is 251 g/mol. The van der Waals surface area contributed by atoms with Crippen molar-refractivity contribution >= 4 is 27.5 Å². The first-order chi connectivity index (χ1) is 6.10. The monoisotopic (exact) mass is 260 g/mol. The van der Waals surface area contributed by atoms with Gasteiger partial charge < -0.3 is 5.11 Å². The van der Waals surface area contributed by atoms with Crippen molar-refractivity contribution in [3.05, 3.63) is 33.3 Å². The number of benzene rings is 1. The molecule has 0 heterocycles. The van der Waals surface area contributed by atoms with E-state index in [0.29, 0.717) is 5.02 Å². The van der Waals surface area contributed by atoms with E-state index >= 15 is 0 Å². The van der Waals surface area contributed by atoms with Gasteiger partial charge in [-0.1, -0.05) is 27.5 Å². The molecule has 2 rings (SSSR count). The molecule has 0 aromatic heterocycles. The number of halogens is 2. The third kappa shape index (κ3) is 1.76. The van der Waals surface area contributed by atoms with Gasteiger partial charge in [-0.25, -0.2) is 0 Å². The van der Waals surface area contributed by atoms with E-state index in [1.165, 1.54) is 0 Å². The van der Waals surface area contributed by atoms with E-state index in [0.717, 1.165) is 29.3 Å². The predicted molar refractivity (Wildman–Crippen MR) is 56.9 cm³/mol. The van der Waals surface area contributed by atoms with Crippen LogP contribution < -0.4 is 0 Å². The highest BCUT2D eigenvalue weighted by Crippen LogP contribution is 2.42. The summed E-state index contributed by atoms with van der Waals surface area (Å²) in [5.41, 5.74) is 0.311. The summed E-state index contributed by atoms with van der Waals surface area (Å²) < 4.78 is 0.926. The molecule has 13 heavy (non-hydrogen) atoms. The second kappa shape index (κ2) is 3.26. The molecule has 1 fully saturated rings. The number of hydrogen-bond acceptors (Lipinski definition) is 1. The molecule has 70 valence electrons. The summed E-state index contributed by atoms with van der Waals surface area (Å²) in [4.78, 5) is 0. The Morgan fingerprint density at radius 2 is 2.00 bits per heavy atom. The lowest BCUT2D eigenvalue weighted by Gasteiger charge is -2.37. The van der Waals surface area contributed by atoms with Crippen LogP contribution in [0.1, 0.15) is 24.8 Å². The van der Waals surface area contributed by atoms with Gasteiger partial charge in [-0.15, -0.1) is 0 Å². The average Bonchev–Trinajstić information content (AvgIpc) is 1.98. The Kier molecular flexibility index (Phi) is 2.39. The molecule has 0 bridgehead atoms. The molecule has 0 unspecified atom stereocenters. The summed E-state index contributed by atoms with van der Waals surface area (Å²) in [6.45, 7) is 0. The van der Waals surface area contributed by atoms with Crippen LogP contribution in [0, 0.1) is 0 Å². The minimum Gasteiger partial charge on any atom is -0.385 e. The second-order valence-corrected chi connectivity index (χ2v) is 4.90. The normalized spacial score (nSPS) is 19.6. The minimum atomic E-state index is -0.618. The van der Waals surface area contributed by atoms with E-state index < -0.39 is 5.60 Å². The van der Waals surface area contributed by atoms with Crippen molar-refractivity contribution in [2.75, 3.05) is 0 Å². The molecule has 1 aromatic carbocycles. The van der Waals surface area contributed by atoms with Crippen LogP contribution in [0.5, 0.6) is 0 Å². The molecule has 1 N–H and O–H groups in total. The highest BCUT2D eigenvalue weighted by atomic mass is 79.9. The predicted octanol–water partition coefficient (Wildman–Crippen LogP) is 3.47. The van der Waals surface area contributed by atoms with E-state index in [1.807, 2.05) is 18.2 Å².